The molecule has 8 nitrogen and oxygen atoms in total. The Bertz CT molecular complexity index is 2260. The van der Waals surface area contributed by atoms with E-state index in [0.29, 0.717) is 62.0 Å². The van der Waals surface area contributed by atoms with Crippen LogP contribution in [0.3, 0.4) is 0 Å². The van der Waals surface area contributed by atoms with Crippen LogP contribution in [-0.4, -0.2) is 29.7 Å². The monoisotopic (exact) mass is 615 g/mol. The van der Waals surface area contributed by atoms with Crippen LogP contribution in [0.25, 0.3) is 23.5 Å². The number of nitrogens with one attached hydrogen (secondary N) is 1. The quantitative estimate of drug-likeness (QED) is 0.230. The average Bonchev–Trinajstić information content (AvgIpc) is 3.80. The molecule has 0 bridgehead atoms. The molecule has 0 saturated carbocycles. The van der Waals surface area contributed by atoms with Gasteiger partial charge in [0.05, 0.1) is 18.5 Å². The van der Waals surface area contributed by atoms with Gasteiger partial charge < -0.3 is 19.5 Å². The van der Waals surface area contributed by atoms with Crippen molar-refractivity contribution in [2.45, 2.75) is 12.3 Å². The van der Waals surface area contributed by atoms with Gasteiger partial charge in [0.1, 0.15) is 22.5 Å². The van der Waals surface area contributed by atoms with E-state index in [4.69, 9.17) is 9.26 Å². The molecule has 9 rings (SSSR count). The minimum Gasteiger partial charge on any atom is -0.497 e. The third-order valence-corrected chi connectivity index (χ3v) is 9.52. The van der Waals surface area contributed by atoms with E-state index in [0.717, 1.165) is 11.3 Å². The second-order valence-corrected chi connectivity index (χ2v) is 11.9. The molecule has 1 spiro atoms. The maximum absolute atomic E-state index is 14.7. The number of fused-ring (bicyclic) bond motifs is 8. The van der Waals surface area contributed by atoms with E-state index < -0.39 is 11.3 Å². The Morgan fingerprint density at radius 2 is 1.32 bits per heavy atom. The molecule has 0 unspecified atom stereocenters. The largest absolute Gasteiger partial charge is 0.497 e. The van der Waals surface area contributed by atoms with Crippen molar-refractivity contribution in [3.63, 3.8) is 0 Å². The van der Waals surface area contributed by atoms with Gasteiger partial charge in [0.15, 0.2) is 17.3 Å². The molecule has 4 aromatic carbocycles. The second-order valence-electron chi connectivity index (χ2n) is 11.9. The molecule has 226 valence electrons. The number of hydrogen-bond donors (Lipinski definition) is 1. The van der Waals surface area contributed by atoms with Crippen molar-refractivity contribution in [1.82, 2.24) is 5.16 Å². The lowest BCUT2D eigenvalue weighted by Crippen LogP contribution is -2.47. The van der Waals surface area contributed by atoms with Crippen LogP contribution in [0, 0.1) is 6.92 Å². The number of aromatic nitrogens is 1. The lowest BCUT2D eigenvalue weighted by Gasteiger charge is -2.40. The average molecular weight is 616 g/mol. The molecule has 4 aliphatic rings. The van der Waals surface area contributed by atoms with Crippen molar-refractivity contribution in [1.29, 1.82) is 0 Å². The highest BCUT2D eigenvalue weighted by atomic mass is 16.5. The van der Waals surface area contributed by atoms with Gasteiger partial charge in [0.2, 0.25) is 5.91 Å². The van der Waals surface area contributed by atoms with Gasteiger partial charge in [-0.25, -0.2) is 0 Å². The van der Waals surface area contributed by atoms with Gasteiger partial charge in [-0.2, -0.15) is 0 Å². The number of hydrogen-bond acceptors (Lipinski definition) is 7. The summed E-state index contributed by atoms with van der Waals surface area (Å²) in [7, 11) is 1.62. The Morgan fingerprint density at radius 1 is 0.745 bits per heavy atom. The molecule has 3 heterocycles. The number of methoxy groups -OCH3 is 1. The summed E-state index contributed by atoms with van der Waals surface area (Å²) in [6, 6.07) is 29.6. The minimum atomic E-state index is -1.67. The number of amides is 1. The molecule has 47 heavy (non-hydrogen) atoms. The number of para-hydroxylation sites is 1. The first-order valence-electron chi connectivity index (χ1n) is 15.2. The molecule has 0 fully saturated rings. The van der Waals surface area contributed by atoms with Crippen LogP contribution in [-0.2, 0) is 10.2 Å². The van der Waals surface area contributed by atoms with Crippen molar-refractivity contribution in [2.75, 3.05) is 17.3 Å². The Labute approximate surface area is 269 Å². The van der Waals surface area contributed by atoms with Crippen LogP contribution in [0.15, 0.2) is 113 Å². The van der Waals surface area contributed by atoms with E-state index in [1.165, 1.54) is 0 Å². The molecule has 1 amide bonds. The maximum Gasteiger partial charge on any atom is 0.244 e. The molecular formula is C39H25N3O5. The highest BCUT2D eigenvalue weighted by Gasteiger charge is 2.65. The van der Waals surface area contributed by atoms with E-state index >= 15 is 0 Å². The lowest BCUT2D eigenvalue weighted by molar-refractivity contribution is -0.118. The summed E-state index contributed by atoms with van der Waals surface area (Å²) in [5, 5.41) is 7.38. The maximum atomic E-state index is 14.7. The molecule has 1 aromatic heterocycles. The van der Waals surface area contributed by atoms with Gasteiger partial charge in [-0.05, 0) is 36.8 Å². The minimum absolute atomic E-state index is 0.242. The zero-order chi connectivity index (χ0) is 32.0. The van der Waals surface area contributed by atoms with Crippen LogP contribution < -0.4 is 15.0 Å². The number of ketones is 2. The van der Waals surface area contributed by atoms with Crippen molar-refractivity contribution in [2.24, 2.45) is 0 Å². The number of rotatable bonds is 4. The lowest BCUT2D eigenvalue weighted by atomic mass is 9.65. The second kappa shape index (κ2) is 9.61. The summed E-state index contributed by atoms with van der Waals surface area (Å²) in [5.74, 6) is 0.144. The molecule has 0 atom stereocenters. The number of carbonyl (C=O) groups excluding carboxylic acids is 3. The topological polar surface area (TPSA) is 102 Å². The number of carbonyl (C=O) groups is 3. The zero-order valence-corrected chi connectivity index (χ0v) is 25.3. The summed E-state index contributed by atoms with van der Waals surface area (Å²) in [6.07, 6.45) is 3.73. The fourth-order valence-corrected chi connectivity index (χ4v) is 7.55. The third-order valence-electron chi connectivity index (χ3n) is 9.52. The summed E-state index contributed by atoms with van der Waals surface area (Å²) in [4.78, 5) is 45.9. The van der Waals surface area contributed by atoms with Gasteiger partial charge in [0.25, 0.3) is 0 Å². The van der Waals surface area contributed by atoms with Gasteiger partial charge >= 0.3 is 0 Å². The van der Waals surface area contributed by atoms with Crippen LogP contribution in [0.1, 0.15) is 54.4 Å². The normalized spacial score (nSPS) is 16.9. The van der Waals surface area contributed by atoms with Crippen LogP contribution in [0.4, 0.5) is 11.4 Å². The Kier molecular flexibility index (Phi) is 5.53. The first kappa shape index (κ1) is 27.1. The molecule has 0 saturated heterocycles. The Morgan fingerprint density at radius 3 is 1.94 bits per heavy atom. The summed E-state index contributed by atoms with van der Waals surface area (Å²) >= 11 is 0. The molecular weight excluding hydrogens is 590 g/mol. The molecule has 2 aliphatic carbocycles. The Hall–Kier alpha value is -6.28. The van der Waals surface area contributed by atoms with E-state index in [9.17, 15) is 14.4 Å². The number of nitrogens with zero attached hydrogens (tertiary/aromatic N) is 2. The summed E-state index contributed by atoms with van der Waals surface area (Å²) < 4.78 is 11.2. The number of benzene rings is 4. The molecule has 8 heteroatoms. The first-order chi connectivity index (χ1) is 22.9. The molecule has 0 radical (unpaired) electrons. The predicted molar refractivity (Wildman–Crippen MR) is 178 cm³/mol. The Balaban J connectivity index is 1.37. The fraction of sp³-hybridized carbons (Fsp3) is 0.0769. The number of Topliss-reactive ketones (excluding diaryl/α,β-unsaturated/α-hetero) is 2. The fourth-order valence-electron chi connectivity index (χ4n) is 7.55. The first-order valence-corrected chi connectivity index (χ1v) is 15.2. The molecule has 2 aliphatic heterocycles. The van der Waals surface area contributed by atoms with E-state index in [1.54, 1.807) is 25.3 Å². The smallest absolute Gasteiger partial charge is 0.244 e. The SMILES string of the molecule is COc1ccc(/C=C/c2onc(C)c2N2C3=C(C(=O)c4ccccc43)C3(C(=O)Nc4ccccc43)C3=C2c2ccccc2C3=O)cc1. The van der Waals surface area contributed by atoms with Crippen molar-refractivity contribution >= 4 is 52.4 Å². The third kappa shape index (κ3) is 3.41. The van der Waals surface area contributed by atoms with E-state index in [-0.39, 0.29) is 22.7 Å². The van der Waals surface area contributed by atoms with Gasteiger partial charge in [-0.1, -0.05) is 90.1 Å². The molecule has 5 aromatic rings. The van der Waals surface area contributed by atoms with Crippen LogP contribution in [0.5, 0.6) is 5.75 Å². The summed E-state index contributed by atoms with van der Waals surface area (Å²) in [5.41, 5.74) is 5.32. The number of aryl methyl sites for hydroxylation is 1. The van der Waals surface area contributed by atoms with Crippen LogP contribution in [0.2, 0.25) is 0 Å². The van der Waals surface area contributed by atoms with Gasteiger partial charge in [-0.15, -0.1) is 0 Å². The van der Waals surface area contributed by atoms with Crippen LogP contribution >= 0.6 is 0 Å². The van der Waals surface area contributed by atoms with E-state index in [2.05, 4.69) is 10.5 Å². The predicted octanol–water partition coefficient (Wildman–Crippen LogP) is 7.09. The van der Waals surface area contributed by atoms with Gasteiger partial charge in [-0.3, -0.25) is 14.4 Å². The highest BCUT2D eigenvalue weighted by Crippen LogP contribution is 2.63. The standard InChI is InChI=1S/C39H25N3O5/c1-21-33(30(47-41-21)20-17-22-15-18-23(46-2)19-16-22)42-34-24-9-3-5-11-26(24)36(43)31(34)39(28-13-7-8-14-29(28)40-38(39)45)32-35(42)25-10-4-6-12-27(25)37(32)44/h3-20H,1-2H3,(H,40,45)/b20-17+. The van der Waals surface area contributed by atoms with Crippen molar-refractivity contribution in [3.05, 3.63) is 153 Å². The zero-order valence-electron chi connectivity index (χ0n) is 25.3. The van der Waals surface area contributed by atoms with Crippen molar-refractivity contribution < 1.29 is 23.6 Å². The van der Waals surface area contributed by atoms with Gasteiger partial charge in [0, 0.05) is 44.7 Å². The number of ether oxygens (including phenoxy) is 1. The highest BCUT2D eigenvalue weighted by molar-refractivity contribution is 6.39. The number of anilines is 2. The van der Waals surface area contributed by atoms with E-state index in [1.807, 2.05) is 103 Å². The molecule has 1 N–H and O–H groups in total. The summed E-state index contributed by atoms with van der Waals surface area (Å²) in [6.45, 7) is 1.83. The van der Waals surface area contributed by atoms with Crippen molar-refractivity contribution in [3.8, 4) is 5.75 Å².